The van der Waals surface area contributed by atoms with Gasteiger partial charge in [-0.05, 0) is 50.2 Å². The molecular formula is C15H14N2O2. The molecule has 2 aromatic rings. The van der Waals surface area contributed by atoms with E-state index >= 15 is 0 Å². The number of carbonyl (C=O) groups excluding carboxylic acids is 1. The molecule has 19 heavy (non-hydrogen) atoms. The summed E-state index contributed by atoms with van der Waals surface area (Å²) in [5.41, 5.74) is 2.91. The van der Waals surface area contributed by atoms with E-state index in [-0.39, 0.29) is 5.97 Å². The number of aromatic nitrogens is 1. The molecule has 0 N–H and O–H groups in total. The van der Waals surface area contributed by atoms with Crippen LogP contribution in [0.25, 0.3) is 5.69 Å². The van der Waals surface area contributed by atoms with Gasteiger partial charge in [0.05, 0.1) is 12.2 Å². The Labute approximate surface area is 111 Å². The third-order valence-corrected chi connectivity index (χ3v) is 2.83. The summed E-state index contributed by atoms with van der Waals surface area (Å²) in [6.45, 7) is 4.06. The standard InChI is InChI=1S/C15H14N2O2/c1-3-19-15(18)12-5-8-13(9-6-12)17-11(2)4-7-14(17)10-16/h4-9H,3H2,1-2H3. The highest BCUT2D eigenvalue weighted by atomic mass is 16.5. The van der Waals surface area contributed by atoms with Crippen molar-refractivity contribution < 1.29 is 9.53 Å². The smallest absolute Gasteiger partial charge is 0.338 e. The number of aryl methyl sites for hydroxylation is 1. The van der Waals surface area contributed by atoms with Gasteiger partial charge in [-0.2, -0.15) is 5.26 Å². The number of hydrogen-bond donors (Lipinski definition) is 0. The molecule has 0 spiro atoms. The first-order valence-corrected chi connectivity index (χ1v) is 6.03. The van der Waals surface area contributed by atoms with E-state index in [9.17, 15) is 4.79 Å². The van der Waals surface area contributed by atoms with Crippen LogP contribution in [0.1, 0.15) is 28.7 Å². The van der Waals surface area contributed by atoms with Crippen molar-refractivity contribution in [1.82, 2.24) is 4.57 Å². The van der Waals surface area contributed by atoms with E-state index < -0.39 is 0 Å². The normalized spacial score (nSPS) is 9.95. The average Bonchev–Trinajstić information content (AvgIpc) is 2.80. The Morgan fingerprint density at radius 2 is 1.95 bits per heavy atom. The Morgan fingerprint density at radius 1 is 1.26 bits per heavy atom. The zero-order valence-corrected chi connectivity index (χ0v) is 10.9. The number of nitriles is 1. The van der Waals surface area contributed by atoms with Gasteiger partial charge in [-0.3, -0.25) is 0 Å². The van der Waals surface area contributed by atoms with Crippen LogP contribution in [0.4, 0.5) is 0 Å². The van der Waals surface area contributed by atoms with Gasteiger partial charge in [0.25, 0.3) is 0 Å². The molecule has 1 heterocycles. The van der Waals surface area contributed by atoms with E-state index in [1.807, 2.05) is 17.6 Å². The van der Waals surface area contributed by atoms with Gasteiger partial charge in [0.15, 0.2) is 0 Å². The number of ether oxygens (including phenoxy) is 1. The molecule has 0 unspecified atom stereocenters. The summed E-state index contributed by atoms with van der Waals surface area (Å²) < 4.78 is 6.77. The number of carbonyl (C=O) groups is 1. The Kier molecular flexibility index (Phi) is 3.67. The van der Waals surface area contributed by atoms with E-state index in [2.05, 4.69) is 6.07 Å². The predicted octanol–water partition coefficient (Wildman–Crippen LogP) is 2.83. The minimum absolute atomic E-state index is 0.334. The van der Waals surface area contributed by atoms with Gasteiger partial charge >= 0.3 is 5.97 Å². The molecule has 4 heteroatoms. The zero-order valence-electron chi connectivity index (χ0n) is 10.9. The molecule has 0 aliphatic carbocycles. The Bertz CT molecular complexity index is 633. The first-order chi connectivity index (χ1) is 9.17. The fraction of sp³-hybridized carbons (Fsp3) is 0.200. The molecule has 0 fully saturated rings. The van der Waals surface area contributed by atoms with E-state index in [4.69, 9.17) is 10.00 Å². The fourth-order valence-corrected chi connectivity index (χ4v) is 1.93. The van der Waals surface area contributed by atoms with Crippen molar-refractivity contribution >= 4 is 5.97 Å². The quantitative estimate of drug-likeness (QED) is 0.791. The molecule has 0 atom stereocenters. The molecule has 0 saturated carbocycles. The monoisotopic (exact) mass is 254 g/mol. The van der Waals surface area contributed by atoms with Crippen LogP contribution >= 0.6 is 0 Å². The molecule has 0 amide bonds. The number of nitrogens with zero attached hydrogens (tertiary/aromatic N) is 2. The lowest BCUT2D eigenvalue weighted by Gasteiger charge is -2.08. The molecule has 0 radical (unpaired) electrons. The average molecular weight is 254 g/mol. The van der Waals surface area contributed by atoms with Crippen molar-refractivity contribution in [3.63, 3.8) is 0 Å². The fourth-order valence-electron chi connectivity index (χ4n) is 1.93. The lowest BCUT2D eigenvalue weighted by atomic mass is 10.2. The Balaban J connectivity index is 2.36. The molecule has 0 saturated heterocycles. The minimum Gasteiger partial charge on any atom is -0.462 e. The summed E-state index contributed by atoms with van der Waals surface area (Å²) in [5.74, 6) is -0.334. The largest absolute Gasteiger partial charge is 0.462 e. The van der Waals surface area contributed by atoms with Gasteiger partial charge in [0.2, 0.25) is 0 Å². The van der Waals surface area contributed by atoms with Crippen LogP contribution in [-0.2, 0) is 4.74 Å². The first kappa shape index (κ1) is 12.9. The Hall–Kier alpha value is -2.54. The predicted molar refractivity (Wildman–Crippen MR) is 71.2 cm³/mol. The van der Waals surface area contributed by atoms with Crippen LogP contribution in [0.3, 0.4) is 0 Å². The number of benzene rings is 1. The van der Waals surface area contributed by atoms with Crippen LogP contribution in [-0.4, -0.2) is 17.1 Å². The molecule has 0 aliphatic rings. The van der Waals surface area contributed by atoms with Crippen molar-refractivity contribution in [2.24, 2.45) is 0 Å². The zero-order chi connectivity index (χ0) is 13.8. The third-order valence-electron chi connectivity index (χ3n) is 2.83. The second kappa shape index (κ2) is 5.40. The van der Waals surface area contributed by atoms with Gasteiger partial charge < -0.3 is 9.30 Å². The highest BCUT2D eigenvalue weighted by Gasteiger charge is 2.09. The summed E-state index contributed by atoms with van der Waals surface area (Å²) in [6.07, 6.45) is 0. The summed E-state index contributed by atoms with van der Waals surface area (Å²) in [6, 6.07) is 12.8. The first-order valence-electron chi connectivity index (χ1n) is 6.03. The lowest BCUT2D eigenvalue weighted by molar-refractivity contribution is 0.0526. The van der Waals surface area contributed by atoms with Crippen LogP contribution in [0.15, 0.2) is 36.4 Å². The minimum atomic E-state index is -0.334. The van der Waals surface area contributed by atoms with Gasteiger partial charge in [-0.15, -0.1) is 0 Å². The van der Waals surface area contributed by atoms with E-state index in [0.717, 1.165) is 11.4 Å². The number of hydrogen-bond acceptors (Lipinski definition) is 3. The van der Waals surface area contributed by atoms with E-state index in [1.165, 1.54) is 0 Å². The molecule has 0 bridgehead atoms. The second-order valence-electron chi connectivity index (χ2n) is 4.07. The lowest BCUT2D eigenvalue weighted by Crippen LogP contribution is -2.05. The van der Waals surface area contributed by atoms with Gasteiger partial charge in [-0.25, -0.2) is 4.79 Å². The van der Waals surface area contributed by atoms with Crippen molar-refractivity contribution in [2.75, 3.05) is 6.61 Å². The highest BCUT2D eigenvalue weighted by molar-refractivity contribution is 5.89. The third kappa shape index (κ3) is 2.50. The molecule has 1 aromatic heterocycles. The van der Waals surface area contributed by atoms with Crippen LogP contribution in [0, 0.1) is 18.3 Å². The second-order valence-corrected chi connectivity index (χ2v) is 4.07. The molecule has 96 valence electrons. The maximum atomic E-state index is 11.6. The summed E-state index contributed by atoms with van der Waals surface area (Å²) in [7, 11) is 0. The van der Waals surface area contributed by atoms with Crippen LogP contribution in [0.2, 0.25) is 0 Å². The molecule has 1 aromatic carbocycles. The SMILES string of the molecule is CCOC(=O)c1ccc(-n2c(C)ccc2C#N)cc1. The molecule has 4 nitrogen and oxygen atoms in total. The van der Waals surface area contributed by atoms with E-state index in [1.54, 1.807) is 37.3 Å². The van der Waals surface area contributed by atoms with Gasteiger partial charge in [-0.1, -0.05) is 0 Å². The van der Waals surface area contributed by atoms with Crippen molar-refractivity contribution in [1.29, 1.82) is 5.26 Å². The van der Waals surface area contributed by atoms with E-state index in [0.29, 0.717) is 17.9 Å². The summed E-state index contributed by atoms with van der Waals surface area (Å²) in [4.78, 5) is 11.6. The van der Waals surface area contributed by atoms with Crippen molar-refractivity contribution in [3.05, 3.63) is 53.3 Å². The molecule has 0 aliphatic heterocycles. The maximum absolute atomic E-state index is 11.6. The Morgan fingerprint density at radius 3 is 2.53 bits per heavy atom. The van der Waals surface area contributed by atoms with Gasteiger partial charge in [0.1, 0.15) is 11.8 Å². The number of esters is 1. The van der Waals surface area contributed by atoms with Gasteiger partial charge in [0, 0.05) is 11.4 Å². The summed E-state index contributed by atoms with van der Waals surface area (Å²) >= 11 is 0. The van der Waals surface area contributed by atoms with Crippen molar-refractivity contribution in [2.45, 2.75) is 13.8 Å². The van der Waals surface area contributed by atoms with Crippen LogP contribution in [0.5, 0.6) is 0 Å². The van der Waals surface area contributed by atoms with Crippen molar-refractivity contribution in [3.8, 4) is 11.8 Å². The van der Waals surface area contributed by atoms with Crippen LogP contribution < -0.4 is 0 Å². The maximum Gasteiger partial charge on any atom is 0.338 e. The highest BCUT2D eigenvalue weighted by Crippen LogP contribution is 2.17. The topological polar surface area (TPSA) is 55.0 Å². The molecular weight excluding hydrogens is 240 g/mol. The summed E-state index contributed by atoms with van der Waals surface area (Å²) in [5, 5.41) is 9.06. The molecule has 2 rings (SSSR count). The number of rotatable bonds is 3.